The normalized spacial score (nSPS) is 20.7. The molecule has 0 saturated carbocycles. The summed E-state index contributed by atoms with van der Waals surface area (Å²) in [7, 11) is -3.32. The van der Waals surface area contributed by atoms with Crippen molar-refractivity contribution in [3.05, 3.63) is 35.9 Å². The number of hydrogen-bond acceptors (Lipinski definition) is 4. The summed E-state index contributed by atoms with van der Waals surface area (Å²) in [4.78, 5) is 13.9. The lowest BCUT2D eigenvalue weighted by Gasteiger charge is -2.16. The van der Waals surface area contributed by atoms with Crippen LogP contribution in [-0.4, -0.2) is 49.9 Å². The molecule has 1 aliphatic rings. The summed E-state index contributed by atoms with van der Waals surface area (Å²) in [6.45, 7) is 2.94. The Bertz CT molecular complexity index is 622. The number of benzene rings is 1. The molecule has 2 N–H and O–H groups in total. The zero-order chi connectivity index (χ0) is 16.9. The van der Waals surface area contributed by atoms with Crippen molar-refractivity contribution in [3.8, 4) is 0 Å². The van der Waals surface area contributed by atoms with Gasteiger partial charge in [-0.05, 0) is 12.0 Å². The van der Waals surface area contributed by atoms with E-state index in [0.717, 1.165) is 18.4 Å². The van der Waals surface area contributed by atoms with Crippen molar-refractivity contribution in [3.63, 3.8) is 0 Å². The van der Waals surface area contributed by atoms with E-state index in [1.54, 1.807) is 4.90 Å². The molecule has 1 aromatic carbocycles. The van der Waals surface area contributed by atoms with Gasteiger partial charge in [-0.15, -0.1) is 12.4 Å². The molecule has 0 radical (unpaired) electrons. The maximum atomic E-state index is 12.3. The van der Waals surface area contributed by atoms with Gasteiger partial charge in [0.1, 0.15) is 5.75 Å². The van der Waals surface area contributed by atoms with Crippen molar-refractivity contribution in [2.45, 2.75) is 38.1 Å². The third kappa shape index (κ3) is 5.76. The summed E-state index contributed by atoms with van der Waals surface area (Å²) in [6, 6.07) is 9.69. The van der Waals surface area contributed by atoms with Crippen LogP contribution in [0.3, 0.4) is 0 Å². The first kappa shape index (κ1) is 20.9. The SMILES string of the molecule is CCCCCS(=O)(=O)CC(=O)N1C[C@@H](N)[C@H](c2ccccc2)C1.Cl. The Morgan fingerprint density at radius 2 is 1.88 bits per heavy atom. The fraction of sp³-hybridized carbons (Fsp3) is 0.588. The minimum atomic E-state index is -3.32. The van der Waals surface area contributed by atoms with Crippen LogP contribution in [0.5, 0.6) is 0 Å². The Morgan fingerprint density at radius 1 is 1.21 bits per heavy atom. The molecule has 1 saturated heterocycles. The second-order valence-electron chi connectivity index (χ2n) is 6.28. The molecule has 1 fully saturated rings. The summed E-state index contributed by atoms with van der Waals surface area (Å²) < 4.78 is 24.1. The molecule has 0 unspecified atom stereocenters. The molecule has 1 amide bonds. The summed E-state index contributed by atoms with van der Waals surface area (Å²) in [5.74, 6) is -0.558. The third-order valence-corrected chi connectivity index (χ3v) is 5.95. The van der Waals surface area contributed by atoms with E-state index in [0.29, 0.717) is 19.5 Å². The van der Waals surface area contributed by atoms with E-state index < -0.39 is 15.6 Å². The van der Waals surface area contributed by atoms with Crippen LogP contribution in [0.2, 0.25) is 0 Å². The molecule has 1 aromatic rings. The summed E-state index contributed by atoms with van der Waals surface area (Å²) in [6.07, 6.45) is 2.46. The van der Waals surface area contributed by atoms with Gasteiger partial charge in [-0.1, -0.05) is 50.1 Å². The second kappa shape index (κ2) is 9.39. The van der Waals surface area contributed by atoms with Crippen LogP contribution in [0, 0.1) is 0 Å². The highest BCUT2D eigenvalue weighted by molar-refractivity contribution is 7.92. The molecule has 5 nitrogen and oxygen atoms in total. The van der Waals surface area contributed by atoms with E-state index in [1.807, 2.05) is 37.3 Å². The van der Waals surface area contributed by atoms with Gasteiger partial charge in [0.2, 0.25) is 5.91 Å². The highest BCUT2D eigenvalue weighted by Crippen LogP contribution is 2.26. The van der Waals surface area contributed by atoms with Crippen molar-refractivity contribution in [2.24, 2.45) is 5.73 Å². The van der Waals surface area contributed by atoms with Crippen molar-refractivity contribution in [1.29, 1.82) is 0 Å². The molecule has 2 rings (SSSR count). The number of hydrogen-bond donors (Lipinski definition) is 1. The minimum absolute atomic E-state index is 0. The summed E-state index contributed by atoms with van der Waals surface area (Å²) in [5, 5.41) is 0. The van der Waals surface area contributed by atoms with Gasteiger partial charge in [-0.2, -0.15) is 0 Å². The standard InChI is InChI=1S/C17H26N2O3S.ClH/c1-2-3-7-10-23(21,22)13-17(20)19-11-15(16(18)12-19)14-8-5-4-6-9-14;/h4-6,8-9,15-16H,2-3,7,10-13,18H2,1H3;1H/t15-,16+;/m0./s1. The third-order valence-electron chi connectivity index (χ3n) is 4.35. The van der Waals surface area contributed by atoms with Crippen molar-refractivity contribution < 1.29 is 13.2 Å². The monoisotopic (exact) mass is 374 g/mol. The average molecular weight is 375 g/mol. The molecule has 1 aliphatic heterocycles. The number of halogens is 1. The van der Waals surface area contributed by atoms with E-state index in [9.17, 15) is 13.2 Å². The largest absolute Gasteiger partial charge is 0.340 e. The lowest BCUT2D eigenvalue weighted by atomic mass is 9.95. The predicted molar refractivity (Wildman–Crippen MR) is 99.2 cm³/mol. The van der Waals surface area contributed by atoms with E-state index in [4.69, 9.17) is 5.73 Å². The van der Waals surface area contributed by atoms with Crippen LogP contribution in [0.25, 0.3) is 0 Å². The maximum Gasteiger partial charge on any atom is 0.237 e. The predicted octanol–water partition coefficient (Wildman–Crippen LogP) is 1.97. The minimum Gasteiger partial charge on any atom is -0.340 e. The molecule has 2 atom stereocenters. The quantitative estimate of drug-likeness (QED) is 0.740. The fourth-order valence-electron chi connectivity index (χ4n) is 3.01. The zero-order valence-electron chi connectivity index (χ0n) is 14.1. The molecular weight excluding hydrogens is 348 g/mol. The van der Waals surface area contributed by atoms with Crippen LogP contribution < -0.4 is 5.73 Å². The van der Waals surface area contributed by atoms with Gasteiger partial charge in [-0.3, -0.25) is 4.79 Å². The number of nitrogens with two attached hydrogens (primary N) is 1. The first-order valence-electron chi connectivity index (χ1n) is 8.21. The molecule has 136 valence electrons. The van der Waals surface area contributed by atoms with E-state index in [2.05, 4.69) is 0 Å². The Balaban J connectivity index is 0.00000288. The van der Waals surface area contributed by atoms with Crippen molar-refractivity contribution >= 4 is 28.2 Å². The van der Waals surface area contributed by atoms with Gasteiger partial charge in [0.15, 0.2) is 9.84 Å². The van der Waals surface area contributed by atoms with Gasteiger partial charge >= 0.3 is 0 Å². The highest BCUT2D eigenvalue weighted by atomic mass is 35.5. The Labute approximate surface area is 150 Å². The molecule has 24 heavy (non-hydrogen) atoms. The van der Waals surface area contributed by atoms with E-state index in [1.165, 1.54) is 0 Å². The zero-order valence-corrected chi connectivity index (χ0v) is 15.7. The Hall–Kier alpha value is -1.11. The average Bonchev–Trinajstić information content (AvgIpc) is 2.90. The van der Waals surface area contributed by atoms with Crippen LogP contribution in [0.4, 0.5) is 0 Å². The first-order chi connectivity index (χ1) is 10.9. The molecule has 1 heterocycles. The van der Waals surface area contributed by atoms with Crippen LogP contribution >= 0.6 is 12.4 Å². The van der Waals surface area contributed by atoms with Gasteiger partial charge < -0.3 is 10.6 Å². The molecular formula is C17H27ClN2O3S. The lowest BCUT2D eigenvalue weighted by Crippen LogP contribution is -2.36. The van der Waals surface area contributed by atoms with Crippen LogP contribution in [0.15, 0.2) is 30.3 Å². The fourth-order valence-corrected chi connectivity index (χ4v) is 4.36. The first-order valence-corrected chi connectivity index (χ1v) is 10.0. The number of nitrogens with zero attached hydrogens (tertiary/aromatic N) is 1. The van der Waals surface area contributed by atoms with Crippen LogP contribution in [-0.2, 0) is 14.6 Å². The van der Waals surface area contributed by atoms with Gasteiger partial charge in [0.05, 0.1) is 5.75 Å². The van der Waals surface area contributed by atoms with Crippen molar-refractivity contribution in [2.75, 3.05) is 24.6 Å². The second-order valence-corrected chi connectivity index (χ2v) is 8.46. The van der Waals surface area contributed by atoms with Gasteiger partial charge in [-0.25, -0.2) is 8.42 Å². The smallest absolute Gasteiger partial charge is 0.237 e. The molecule has 0 bridgehead atoms. The highest BCUT2D eigenvalue weighted by Gasteiger charge is 2.35. The number of sulfone groups is 1. The van der Waals surface area contributed by atoms with Gasteiger partial charge in [0.25, 0.3) is 0 Å². The molecule has 7 heteroatoms. The van der Waals surface area contributed by atoms with E-state index >= 15 is 0 Å². The molecule has 0 spiro atoms. The van der Waals surface area contributed by atoms with Crippen molar-refractivity contribution in [1.82, 2.24) is 4.90 Å². The number of unbranched alkanes of at least 4 members (excludes halogenated alkanes) is 2. The number of likely N-dealkylation sites (tertiary alicyclic amines) is 1. The molecule has 0 aromatic heterocycles. The lowest BCUT2D eigenvalue weighted by molar-refractivity contribution is -0.127. The number of rotatable bonds is 7. The number of carbonyl (C=O) groups is 1. The summed E-state index contributed by atoms with van der Waals surface area (Å²) in [5.41, 5.74) is 7.26. The summed E-state index contributed by atoms with van der Waals surface area (Å²) >= 11 is 0. The van der Waals surface area contributed by atoms with E-state index in [-0.39, 0.29) is 36.0 Å². The van der Waals surface area contributed by atoms with Gasteiger partial charge in [0, 0.05) is 25.0 Å². The van der Waals surface area contributed by atoms with Crippen LogP contribution in [0.1, 0.15) is 37.7 Å². The molecule has 0 aliphatic carbocycles. The maximum absolute atomic E-state index is 12.3. The topological polar surface area (TPSA) is 80.5 Å². The number of amides is 1. The Kier molecular flexibility index (Phi) is 8.19. The number of carbonyl (C=O) groups excluding carboxylic acids is 1. The Morgan fingerprint density at radius 3 is 2.50 bits per heavy atom.